The minimum absolute atomic E-state index is 0.0899. The summed E-state index contributed by atoms with van der Waals surface area (Å²) in [4.78, 5) is 30.6. The first-order chi connectivity index (χ1) is 12.0. The van der Waals surface area contributed by atoms with Gasteiger partial charge in [0.25, 0.3) is 0 Å². The molecular formula is C18H28N6O. The third-order valence-electron chi connectivity index (χ3n) is 5.66. The highest BCUT2D eigenvalue weighted by Crippen LogP contribution is 2.21. The summed E-state index contributed by atoms with van der Waals surface area (Å²) in [6, 6.07) is 0.963. The van der Waals surface area contributed by atoms with Crippen LogP contribution in [0.4, 0.5) is 0 Å². The second-order valence-electron chi connectivity index (χ2n) is 7.73. The molecule has 0 saturated carbocycles. The van der Waals surface area contributed by atoms with Crippen LogP contribution in [-0.2, 0) is 32.4 Å². The van der Waals surface area contributed by atoms with Gasteiger partial charge >= 0.3 is 5.69 Å². The molecule has 0 bridgehead atoms. The zero-order chi connectivity index (χ0) is 17.6. The number of hydrogen-bond donors (Lipinski definition) is 3. The summed E-state index contributed by atoms with van der Waals surface area (Å²) in [5.74, 6) is 1.09. The van der Waals surface area contributed by atoms with Crippen LogP contribution in [0.3, 0.4) is 0 Å². The van der Waals surface area contributed by atoms with Crippen molar-refractivity contribution in [2.24, 2.45) is 0 Å². The van der Waals surface area contributed by atoms with Crippen molar-refractivity contribution in [1.82, 2.24) is 29.7 Å². The van der Waals surface area contributed by atoms with Gasteiger partial charge in [0, 0.05) is 63.2 Å². The molecule has 25 heavy (non-hydrogen) atoms. The van der Waals surface area contributed by atoms with Crippen LogP contribution in [0.2, 0.25) is 0 Å². The second kappa shape index (κ2) is 6.46. The van der Waals surface area contributed by atoms with Crippen LogP contribution >= 0.6 is 0 Å². The van der Waals surface area contributed by atoms with Gasteiger partial charge in [-0.05, 0) is 20.8 Å². The average Bonchev–Trinajstić information content (AvgIpc) is 3.14. The quantitative estimate of drug-likeness (QED) is 0.778. The van der Waals surface area contributed by atoms with Crippen LogP contribution in [-0.4, -0.2) is 54.9 Å². The standard InChI is InChI=1S/C18H28N6O/c1-11(2)23-6-4-13-15(9-23)20-17(19-13)8-12(3)24-7-5-14-16(10-24)22-18(25)21-14/h11-12H,4-10H2,1-3H3,(H,19,20)(H2,21,22,25). The van der Waals surface area contributed by atoms with Crippen LogP contribution in [0.25, 0.3) is 0 Å². The van der Waals surface area contributed by atoms with Crippen molar-refractivity contribution < 1.29 is 0 Å². The lowest BCUT2D eigenvalue weighted by Gasteiger charge is -2.31. The Bertz CT molecular complexity index is 801. The van der Waals surface area contributed by atoms with E-state index in [-0.39, 0.29) is 5.69 Å². The smallest absolute Gasteiger partial charge is 0.323 e. The van der Waals surface area contributed by atoms with E-state index in [9.17, 15) is 4.79 Å². The topological polar surface area (TPSA) is 83.8 Å². The van der Waals surface area contributed by atoms with Gasteiger partial charge in [-0.3, -0.25) is 9.80 Å². The van der Waals surface area contributed by atoms with E-state index < -0.39 is 0 Å². The molecule has 0 aliphatic carbocycles. The van der Waals surface area contributed by atoms with Crippen molar-refractivity contribution in [2.75, 3.05) is 13.1 Å². The highest BCUT2D eigenvalue weighted by Gasteiger charge is 2.25. The maximum absolute atomic E-state index is 11.5. The lowest BCUT2D eigenvalue weighted by atomic mass is 10.1. The van der Waals surface area contributed by atoms with Crippen molar-refractivity contribution >= 4 is 0 Å². The van der Waals surface area contributed by atoms with Crippen LogP contribution in [0.5, 0.6) is 0 Å². The Hall–Kier alpha value is -1.86. The van der Waals surface area contributed by atoms with Gasteiger partial charge in [0.2, 0.25) is 0 Å². The Balaban J connectivity index is 1.42. The molecule has 0 spiro atoms. The highest BCUT2D eigenvalue weighted by molar-refractivity contribution is 5.19. The van der Waals surface area contributed by atoms with Gasteiger partial charge in [0.15, 0.2) is 0 Å². The van der Waals surface area contributed by atoms with E-state index in [1.165, 1.54) is 11.4 Å². The Morgan fingerprint density at radius 1 is 0.960 bits per heavy atom. The molecule has 2 aromatic rings. The SMILES string of the molecule is CC(C)N1CCc2nc(CC(C)N3CCc4[nH]c(=O)[nH]c4C3)[nH]c2C1. The van der Waals surface area contributed by atoms with E-state index in [0.717, 1.165) is 62.7 Å². The fourth-order valence-corrected chi connectivity index (χ4v) is 4.04. The molecule has 0 radical (unpaired) electrons. The normalized spacial score (nSPS) is 19.8. The monoisotopic (exact) mass is 344 g/mol. The Morgan fingerprint density at radius 2 is 1.68 bits per heavy atom. The van der Waals surface area contributed by atoms with Gasteiger partial charge < -0.3 is 15.0 Å². The molecule has 7 heteroatoms. The van der Waals surface area contributed by atoms with E-state index >= 15 is 0 Å². The lowest BCUT2D eigenvalue weighted by Crippen LogP contribution is -2.39. The summed E-state index contributed by atoms with van der Waals surface area (Å²) in [5.41, 5.74) is 4.55. The van der Waals surface area contributed by atoms with Gasteiger partial charge in [0.1, 0.15) is 5.82 Å². The largest absolute Gasteiger partial charge is 0.345 e. The molecule has 1 atom stereocenters. The molecule has 0 saturated heterocycles. The predicted molar refractivity (Wildman–Crippen MR) is 96.5 cm³/mol. The third kappa shape index (κ3) is 3.30. The molecule has 2 aliphatic rings. The van der Waals surface area contributed by atoms with E-state index in [4.69, 9.17) is 4.98 Å². The summed E-state index contributed by atoms with van der Waals surface area (Å²) in [6.07, 6.45) is 2.85. The van der Waals surface area contributed by atoms with Crippen molar-refractivity contribution in [2.45, 2.75) is 65.2 Å². The zero-order valence-corrected chi connectivity index (χ0v) is 15.4. The van der Waals surface area contributed by atoms with E-state index in [0.29, 0.717) is 12.1 Å². The van der Waals surface area contributed by atoms with Crippen molar-refractivity contribution in [1.29, 1.82) is 0 Å². The lowest BCUT2D eigenvalue weighted by molar-refractivity contribution is 0.185. The first-order valence-corrected chi connectivity index (χ1v) is 9.34. The van der Waals surface area contributed by atoms with E-state index in [2.05, 4.69) is 45.5 Å². The van der Waals surface area contributed by atoms with Crippen molar-refractivity contribution in [3.8, 4) is 0 Å². The minimum Gasteiger partial charge on any atom is -0.345 e. The molecule has 1 unspecified atom stereocenters. The highest BCUT2D eigenvalue weighted by atomic mass is 16.1. The number of imidazole rings is 2. The van der Waals surface area contributed by atoms with Crippen LogP contribution < -0.4 is 5.69 Å². The molecule has 2 aliphatic heterocycles. The fourth-order valence-electron chi connectivity index (χ4n) is 4.04. The maximum atomic E-state index is 11.5. The summed E-state index contributed by atoms with van der Waals surface area (Å²) in [6.45, 7) is 10.6. The maximum Gasteiger partial charge on any atom is 0.323 e. The average molecular weight is 344 g/mol. The van der Waals surface area contributed by atoms with Crippen LogP contribution in [0.1, 0.15) is 49.4 Å². The van der Waals surface area contributed by atoms with E-state index in [1.807, 2.05) is 0 Å². The summed E-state index contributed by atoms with van der Waals surface area (Å²) in [7, 11) is 0. The van der Waals surface area contributed by atoms with Gasteiger partial charge in [-0.2, -0.15) is 0 Å². The third-order valence-corrected chi connectivity index (χ3v) is 5.66. The van der Waals surface area contributed by atoms with Crippen LogP contribution in [0, 0.1) is 0 Å². The summed E-state index contributed by atoms with van der Waals surface area (Å²) < 4.78 is 0. The molecule has 4 rings (SSSR count). The minimum atomic E-state index is -0.0899. The number of fused-ring (bicyclic) bond motifs is 2. The number of nitrogens with one attached hydrogen (secondary N) is 3. The molecule has 3 N–H and O–H groups in total. The number of aromatic amines is 3. The molecule has 0 fully saturated rings. The number of aromatic nitrogens is 4. The van der Waals surface area contributed by atoms with Crippen LogP contribution in [0.15, 0.2) is 4.79 Å². The summed E-state index contributed by atoms with van der Waals surface area (Å²) >= 11 is 0. The Kier molecular flexibility index (Phi) is 4.29. The predicted octanol–water partition coefficient (Wildman–Crippen LogP) is 1.18. The first kappa shape index (κ1) is 16.6. The Labute approximate surface area is 147 Å². The number of rotatable bonds is 4. The molecule has 0 amide bonds. The molecule has 2 aromatic heterocycles. The molecular weight excluding hydrogens is 316 g/mol. The fraction of sp³-hybridized carbons (Fsp3) is 0.667. The number of H-pyrrole nitrogens is 3. The molecule has 7 nitrogen and oxygen atoms in total. The summed E-state index contributed by atoms with van der Waals surface area (Å²) in [5, 5.41) is 0. The number of nitrogens with zero attached hydrogens (tertiary/aromatic N) is 3. The zero-order valence-electron chi connectivity index (χ0n) is 15.4. The van der Waals surface area contributed by atoms with Gasteiger partial charge in [-0.25, -0.2) is 9.78 Å². The van der Waals surface area contributed by atoms with Gasteiger partial charge in [0.05, 0.1) is 17.1 Å². The van der Waals surface area contributed by atoms with Crippen molar-refractivity contribution in [3.05, 3.63) is 39.1 Å². The van der Waals surface area contributed by atoms with Gasteiger partial charge in [-0.15, -0.1) is 0 Å². The number of hydrogen-bond acceptors (Lipinski definition) is 4. The van der Waals surface area contributed by atoms with Crippen molar-refractivity contribution in [3.63, 3.8) is 0 Å². The molecule has 0 aromatic carbocycles. The molecule has 4 heterocycles. The second-order valence-corrected chi connectivity index (χ2v) is 7.73. The molecule has 136 valence electrons. The van der Waals surface area contributed by atoms with E-state index in [1.54, 1.807) is 0 Å². The van der Waals surface area contributed by atoms with Gasteiger partial charge in [-0.1, -0.05) is 0 Å². The Morgan fingerprint density at radius 3 is 2.48 bits per heavy atom. The first-order valence-electron chi connectivity index (χ1n) is 9.34.